The minimum Gasteiger partial charge on any atom is -0.477 e. The average Bonchev–Trinajstić information content (AvgIpc) is 2.85. The van der Waals surface area contributed by atoms with E-state index in [1.807, 2.05) is 13.8 Å². The molecule has 1 aromatic heterocycles. The monoisotopic (exact) mass is 311 g/mol. The molecule has 1 fully saturated rings. The van der Waals surface area contributed by atoms with Gasteiger partial charge in [-0.1, -0.05) is 27.7 Å². The number of nitrogens with zero attached hydrogens (tertiary/aromatic N) is 1. The summed E-state index contributed by atoms with van der Waals surface area (Å²) in [6.07, 6.45) is 3.95. The topological polar surface area (TPSA) is 59.4 Å². The Balaban J connectivity index is 2.40. The van der Waals surface area contributed by atoms with Gasteiger partial charge in [-0.15, -0.1) is 11.3 Å². The van der Waals surface area contributed by atoms with Gasteiger partial charge in [0.2, 0.25) is 0 Å². The molecule has 0 unspecified atom stereocenters. The standard InChI is InChI=1S/C16H25NO3S/c1-10(2)11-12(13(18)19)21-14(17-11)16(20-5)8-6-15(3,4)7-9-16/h10H,6-9H2,1-5H3,(H,18,19). The summed E-state index contributed by atoms with van der Waals surface area (Å²) in [7, 11) is 1.72. The number of carboxylic acid groups (broad SMARTS) is 1. The molecule has 0 saturated heterocycles. The first-order valence-corrected chi connectivity index (χ1v) is 8.32. The molecule has 4 nitrogen and oxygen atoms in total. The Hall–Kier alpha value is -0.940. The number of aromatic carboxylic acids is 1. The van der Waals surface area contributed by atoms with Crippen molar-refractivity contribution in [3.63, 3.8) is 0 Å². The summed E-state index contributed by atoms with van der Waals surface area (Å²) in [4.78, 5) is 16.5. The molecule has 118 valence electrons. The van der Waals surface area contributed by atoms with Crippen LogP contribution in [0.5, 0.6) is 0 Å². The lowest BCUT2D eigenvalue weighted by atomic mass is 9.71. The smallest absolute Gasteiger partial charge is 0.347 e. The van der Waals surface area contributed by atoms with Gasteiger partial charge in [0.05, 0.1) is 5.69 Å². The minimum atomic E-state index is -0.884. The number of ether oxygens (including phenoxy) is 1. The minimum absolute atomic E-state index is 0.107. The molecule has 1 aliphatic rings. The summed E-state index contributed by atoms with van der Waals surface area (Å²) in [5.41, 5.74) is 0.608. The molecule has 21 heavy (non-hydrogen) atoms. The van der Waals surface area contributed by atoms with E-state index in [4.69, 9.17) is 4.74 Å². The highest BCUT2D eigenvalue weighted by molar-refractivity contribution is 7.13. The normalized spacial score (nSPS) is 20.7. The van der Waals surface area contributed by atoms with Crippen molar-refractivity contribution in [1.82, 2.24) is 4.98 Å². The van der Waals surface area contributed by atoms with Gasteiger partial charge in [-0.2, -0.15) is 0 Å². The van der Waals surface area contributed by atoms with Crippen LogP contribution in [-0.2, 0) is 10.3 Å². The predicted molar refractivity (Wildman–Crippen MR) is 84.1 cm³/mol. The second-order valence-corrected chi connectivity index (χ2v) is 8.05. The molecule has 0 aliphatic heterocycles. The summed E-state index contributed by atoms with van der Waals surface area (Å²) in [5, 5.41) is 10.2. The molecule has 5 heteroatoms. The number of carbonyl (C=O) groups is 1. The SMILES string of the molecule is COC1(c2nc(C(C)C)c(C(=O)O)s2)CCC(C)(C)CC1. The highest BCUT2D eigenvalue weighted by Crippen LogP contribution is 2.48. The number of hydrogen-bond donors (Lipinski definition) is 1. The van der Waals surface area contributed by atoms with E-state index in [9.17, 15) is 9.90 Å². The maximum Gasteiger partial charge on any atom is 0.347 e. The molecule has 0 amide bonds. The zero-order chi connectivity index (χ0) is 15.8. The van der Waals surface area contributed by atoms with Gasteiger partial charge in [0.1, 0.15) is 15.5 Å². The van der Waals surface area contributed by atoms with E-state index in [0.29, 0.717) is 16.0 Å². The van der Waals surface area contributed by atoms with Crippen LogP contribution in [0.25, 0.3) is 0 Å². The molecule has 0 spiro atoms. The Morgan fingerprint density at radius 3 is 2.24 bits per heavy atom. The first kappa shape index (κ1) is 16.4. The first-order valence-electron chi connectivity index (χ1n) is 7.50. The van der Waals surface area contributed by atoms with Crippen molar-refractivity contribution >= 4 is 17.3 Å². The van der Waals surface area contributed by atoms with Gasteiger partial charge in [0.15, 0.2) is 0 Å². The number of rotatable bonds is 4. The highest BCUT2D eigenvalue weighted by Gasteiger charge is 2.43. The second kappa shape index (κ2) is 5.69. The third kappa shape index (κ3) is 3.14. The predicted octanol–water partition coefficient (Wildman–Crippen LogP) is 4.41. The van der Waals surface area contributed by atoms with Crippen LogP contribution in [0, 0.1) is 5.41 Å². The molecule has 0 aromatic carbocycles. The molecular weight excluding hydrogens is 286 g/mol. The quantitative estimate of drug-likeness (QED) is 0.895. The van der Waals surface area contributed by atoms with E-state index < -0.39 is 11.6 Å². The second-order valence-electron chi connectivity index (χ2n) is 7.06. The van der Waals surface area contributed by atoms with Gasteiger partial charge in [-0.05, 0) is 37.0 Å². The van der Waals surface area contributed by atoms with Gasteiger partial charge in [-0.25, -0.2) is 9.78 Å². The van der Waals surface area contributed by atoms with Gasteiger partial charge in [0, 0.05) is 7.11 Å². The van der Waals surface area contributed by atoms with Crippen LogP contribution in [0.1, 0.15) is 79.7 Å². The Morgan fingerprint density at radius 2 is 1.86 bits per heavy atom. The van der Waals surface area contributed by atoms with Crippen molar-refractivity contribution < 1.29 is 14.6 Å². The van der Waals surface area contributed by atoms with Crippen LogP contribution in [0.3, 0.4) is 0 Å². The number of carboxylic acids is 1. The molecule has 0 atom stereocenters. The molecule has 1 aliphatic carbocycles. The summed E-state index contributed by atoms with van der Waals surface area (Å²) >= 11 is 1.29. The molecular formula is C16H25NO3S. The number of thiazole rings is 1. The van der Waals surface area contributed by atoms with Gasteiger partial charge < -0.3 is 9.84 Å². The van der Waals surface area contributed by atoms with Crippen molar-refractivity contribution in [1.29, 1.82) is 0 Å². The molecule has 0 bridgehead atoms. The van der Waals surface area contributed by atoms with Crippen LogP contribution in [-0.4, -0.2) is 23.2 Å². The van der Waals surface area contributed by atoms with Crippen molar-refractivity contribution in [2.24, 2.45) is 5.41 Å². The third-order valence-electron chi connectivity index (χ3n) is 4.59. The first-order chi connectivity index (χ1) is 9.71. The van der Waals surface area contributed by atoms with Crippen LogP contribution >= 0.6 is 11.3 Å². The summed E-state index contributed by atoms with van der Waals surface area (Å²) in [5.74, 6) is -0.778. The van der Waals surface area contributed by atoms with Crippen molar-refractivity contribution in [3.05, 3.63) is 15.6 Å². The van der Waals surface area contributed by atoms with E-state index >= 15 is 0 Å². The average molecular weight is 311 g/mol. The van der Waals surface area contributed by atoms with E-state index in [2.05, 4.69) is 18.8 Å². The Morgan fingerprint density at radius 1 is 1.29 bits per heavy atom. The number of aromatic nitrogens is 1. The van der Waals surface area contributed by atoms with Crippen LogP contribution in [0.4, 0.5) is 0 Å². The van der Waals surface area contributed by atoms with Gasteiger partial charge >= 0.3 is 5.97 Å². The van der Waals surface area contributed by atoms with Gasteiger partial charge in [-0.3, -0.25) is 0 Å². The summed E-state index contributed by atoms with van der Waals surface area (Å²) in [6.45, 7) is 8.51. The number of methoxy groups -OCH3 is 1. The maximum absolute atomic E-state index is 11.4. The fraction of sp³-hybridized carbons (Fsp3) is 0.750. The Kier molecular flexibility index (Phi) is 4.45. The highest BCUT2D eigenvalue weighted by atomic mass is 32.1. The molecule has 1 aromatic rings. The van der Waals surface area contributed by atoms with Crippen LogP contribution < -0.4 is 0 Å². The molecule has 1 saturated carbocycles. The van der Waals surface area contributed by atoms with Gasteiger partial charge in [0.25, 0.3) is 0 Å². The fourth-order valence-corrected chi connectivity index (χ4v) is 4.19. The zero-order valence-electron chi connectivity index (χ0n) is 13.5. The molecule has 1 heterocycles. The summed E-state index contributed by atoms with van der Waals surface area (Å²) < 4.78 is 5.84. The number of hydrogen-bond acceptors (Lipinski definition) is 4. The van der Waals surface area contributed by atoms with Crippen molar-refractivity contribution in [2.75, 3.05) is 7.11 Å². The molecule has 2 rings (SSSR count). The van der Waals surface area contributed by atoms with E-state index in [0.717, 1.165) is 30.7 Å². The van der Waals surface area contributed by atoms with E-state index in [-0.39, 0.29) is 5.92 Å². The van der Waals surface area contributed by atoms with E-state index in [1.54, 1.807) is 7.11 Å². The lowest BCUT2D eigenvalue weighted by Gasteiger charge is -2.41. The third-order valence-corrected chi connectivity index (χ3v) is 5.83. The summed E-state index contributed by atoms with van der Waals surface area (Å²) in [6, 6.07) is 0. The Bertz CT molecular complexity index is 524. The van der Waals surface area contributed by atoms with Crippen LogP contribution in [0.15, 0.2) is 0 Å². The van der Waals surface area contributed by atoms with Crippen molar-refractivity contribution in [3.8, 4) is 0 Å². The lowest BCUT2D eigenvalue weighted by molar-refractivity contribution is -0.0668. The van der Waals surface area contributed by atoms with Crippen LogP contribution in [0.2, 0.25) is 0 Å². The Labute approximate surface area is 130 Å². The maximum atomic E-state index is 11.4. The fourth-order valence-electron chi connectivity index (χ4n) is 2.91. The molecule has 0 radical (unpaired) electrons. The largest absolute Gasteiger partial charge is 0.477 e. The van der Waals surface area contributed by atoms with E-state index in [1.165, 1.54) is 11.3 Å². The van der Waals surface area contributed by atoms with Crippen molar-refractivity contribution in [2.45, 2.75) is 64.9 Å². The molecule has 1 N–H and O–H groups in total. The lowest BCUT2D eigenvalue weighted by Crippen LogP contribution is -2.36. The zero-order valence-corrected chi connectivity index (χ0v) is 14.3.